The summed E-state index contributed by atoms with van der Waals surface area (Å²) in [4.78, 5) is 0. The number of nitrogen functional groups attached to an aromatic ring is 1. The van der Waals surface area contributed by atoms with E-state index in [9.17, 15) is 0 Å². The molecule has 1 aromatic heterocycles. The first-order valence-corrected chi connectivity index (χ1v) is 7.06. The molecule has 0 aliphatic heterocycles. The smallest absolute Gasteiger partial charge is 0.161 e. The van der Waals surface area contributed by atoms with Crippen LogP contribution in [0.4, 0.5) is 5.69 Å². The molecule has 0 bridgehead atoms. The lowest BCUT2D eigenvalue weighted by molar-refractivity contribution is 0.401. The van der Waals surface area contributed by atoms with E-state index in [0.29, 0.717) is 35.1 Å². The Morgan fingerprint density at radius 1 is 1.04 bits per heavy atom. The normalized spacial score (nSPS) is 10.5. The Morgan fingerprint density at radius 2 is 1.78 bits per heavy atom. The SMILES string of the molecule is COc1cc(-n2nnnc2Cc2ccccc2)c(OC)cc1N. The van der Waals surface area contributed by atoms with E-state index >= 15 is 0 Å². The second kappa shape index (κ2) is 6.35. The van der Waals surface area contributed by atoms with E-state index in [2.05, 4.69) is 15.5 Å². The van der Waals surface area contributed by atoms with Crippen molar-refractivity contribution in [2.75, 3.05) is 20.0 Å². The third kappa shape index (κ3) is 2.94. The summed E-state index contributed by atoms with van der Waals surface area (Å²) in [6.45, 7) is 0. The highest BCUT2D eigenvalue weighted by molar-refractivity contribution is 5.64. The van der Waals surface area contributed by atoms with E-state index in [4.69, 9.17) is 15.2 Å². The van der Waals surface area contributed by atoms with Crippen LogP contribution in [0.1, 0.15) is 11.4 Å². The van der Waals surface area contributed by atoms with E-state index in [1.807, 2.05) is 30.3 Å². The number of nitrogens with zero attached hydrogens (tertiary/aromatic N) is 4. The van der Waals surface area contributed by atoms with Gasteiger partial charge in [-0.1, -0.05) is 30.3 Å². The number of nitrogens with two attached hydrogens (primary N) is 1. The lowest BCUT2D eigenvalue weighted by Crippen LogP contribution is -2.07. The zero-order valence-electron chi connectivity index (χ0n) is 12.9. The molecule has 0 unspecified atom stereocenters. The Bertz CT molecular complexity index is 801. The van der Waals surface area contributed by atoms with Crippen molar-refractivity contribution in [3.05, 3.63) is 53.9 Å². The Labute approximate surface area is 133 Å². The standard InChI is InChI=1S/C16H17N5O2/c1-22-14-10-13(15(23-2)9-12(14)17)21-16(18-19-20-21)8-11-6-4-3-5-7-11/h3-7,9-10H,8,17H2,1-2H3. The highest BCUT2D eigenvalue weighted by atomic mass is 16.5. The van der Waals surface area contributed by atoms with Gasteiger partial charge >= 0.3 is 0 Å². The number of aromatic nitrogens is 4. The van der Waals surface area contributed by atoms with Crippen LogP contribution in [-0.4, -0.2) is 34.4 Å². The minimum absolute atomic E-state index is 0.491. The average Bonchev–Trinajstić information content (AvgIpc) is 3.03. The van der Waals surface area contributed by atoms with Crippen molar-refractivity contribution in [1.29, 1.82) is 0 Å². The molecule has 0 radical (unpaired) electrons. The topological polar surface area (TPSA) is 88.1 Å². The Kier molecular flexibility index (Phi) is 4.09. The van der Waals surface area contributed by atoms with Crippen molar-refractivity contribution >= 4 is 5.69 Å². The van der Waals surface area contributed by atoms with Crippen LogP contribution in [0.5, 0.6) is 11.5 Å². The molecule has 2 N–H and O–H groups in total. The molecule has 0 saturated carbocycles. The molecule has 7 heteroatoms. The van der Waals surface area contributed by atoms with Gasteiger partial charge < -0.3 is 15.2 Å². The average molecular weight is 311 g/mol. The summed E-state index contributed by atoms with van der Waals surface area (Å²) in [6, 6.07) is 13.5. The summed E-state index contributed by atoms with van der Waals surface area (Å²) in [6.07, 6.45) is 0.601. The predicted molar refractivity (Wildman–Crippen MR) is 85.9 cm³/mol. The molecule has 118 valence electrons. The van der Waals surface area contributed by atoms with Crippen molar-refractivity contribution in [1.82, 2.24) is 20.2 Å². The largest absolute Gasteiger partial charge is 0.495 e. The summed E-state index contributed by atoms with van der Waals surface area (Å²) >= 11 is 0. The van der Waals surface area contributed by atoms with Crippen molar-refractivity contribution in [2.24, 2.45) is 0 Å². The van der Waals surface area contributed by atoms with Gasteiger partial charge in [-0.15, -0.1) is 5.10 Å². The van der Waals surface area contributed by atoms with Gasteiger partial charge in [-0.2, -0.15) is 4.68 Å². The van der Waals surface area contributed by atoms with Gasteiger partial charge in [0.2, 0.25) is 0 Å². The third-order valence-corrected chi connectivity index (χ3v) is 3.50. The van der Waals surface area contributed by atoms with E-state index in [1.54, 1.807) is 31.0 Å². The maximum absolute atomic E-state index is 5.93. The number of ether oxygens (including phenoxy) is 2. The molecule has 7 nitrogen and oxygen atoms in total. The summed E-state index contributed by atoms with van der Waals surface area (Å²) in [5.74, 6) is 1.81. The maximum atomic E-state index is 5.93. The fourth-order valence-corrected chi connectivity index (χ4v) is 2.35. The van der Waals surface area contributed by atoms with Crippen molar-refractivity contribution in [3.8, 4) is 17.2 Å². The van der Waals surface area contributed by atoms with E-state index in [1.165, 1.54) is 0 Å². The van der Waals surface area contributed by atoms with E-state index in [-0.39, 0.29) is 0 Å². The second-order valence-corrected chi connectivity index (χ2v) is 4.94. The number of tetrazole rings is 1. The number of rotatable bonds is 5. The number of methoxy groups -OCH3 is 2. The van der Waals surface area contributed by atoms with Crippen LogP contribution in [0.2, 0.25) is 0 Å². The second-order valence-electron chi connectivity index (χ2n) is 4.94. The molecule has 3 aromatic rings. The molecule has 0 amide bonds. The molecule has 0 aliphatic rings. The van der Waals surface area contributed by atoms with Gasteiger partial charge in [-0.3, -0.25) is 0 Å². The van der Waals surface area contributed by atoms with Crippen LogP contribution in [-0.2, 0) is 6.42 Å². The first-order valence-electron chi connectivity index (χ1n) is 7.06. The molecule has 0 fully saturated rings. The van der Waals surface area contributed by atoms with Gasteiger partial charge in [0.05, 0.1) is 19.9 Å². The lowest BCUT2D eigenvalue weighted by Gasteiger charge is -2.13. The van der Waals surface area contributed by atoms with Gasteiger partial charge in [-0.05, 0) is 16.0 Å². The molecule has 23 heavy (non-hydrogen) atoms. The van der Waals surface area contributed by atoms with Crippen molar-refractivity contribution in [2.45, 2.75) is 6.42 Å². The van der Waals surface area contributed by atoms with Gasteiger partial charge in [0.15, 0.2) is 5.82 Å². The Balaban J connectivity index is 2.04. The van der Waals surface area contributed by atoms with Crippen LogP contribution in [0.3, 0.4) is 0 Å². The minimum Gasteiger partial charge on any atom is -0.495 e. The number of anilines is 1. The summed E-state index contributed by atoms with van der Waals surface area (Å²) < 4.78 is 12.3. The zero-order chi connectivity index (χ0) is 16.2. The number of benzene rings is 2. The van der Waals surface area contributed by atoms with Crippen LogP contribution in [0.25, 0.3) is 5.69 Å². The molecule has 0 atom stereocenters. The summed E-state index contributed by atoms with van der Waals surface area (Å²) in [5.41, 5.74) is 8.21. The molecular weight excluding hydrogens is 294 g/mol. The van der Waals surface area contributed by atoms with Gasteiger partial charge in [0.25, 0.3) is 0 Å². The summed E-state index contributed by atoms with van der Waals surface area (Å²) in [7, 11) is 3.14. The third-order valence-electron chi connectivity index (χ3n) is 3.50. The number of hydrogen-bond donors (Lipinski definition) is 1. The molecular formula is C16H17N5O2. The van der Waals surface area contributed by atoms with E-state index < -0.39 is 0 Å². The fourth-order valence-electron chi connectivity index (χ4n) is 2.35. The predicted octanol–water partition coefficient (Wildman–Crippen LogP) is 1.85. The molecule has 3 rings (SSSR count). The first kappa shape index (κ1) is 14.8. The fraction of sp³-hybridized carbons (Fsp3) is 0.188. The highest BCUT2D eigenvalue weighted by Crippen LogP contribution is 2.33. The van der Waals surface area contributed by atoms with Gasteiger partial charge in [0.1, 0.15) is 17.2 Å². The molecule has 0 spiro atoms. The van der Waals surface area contributed by atoms with Gasteiger partial charge in [0, 0.05) is 18.6 Å². The van der Waals surface area contributed by atoms with Crippen LogP contribution in [0.15, 0.2) is 42.5 Å². The highest BCUT2D eigenvalue weighted by Gasteiger charge is 2.16. The molecule has 0 aliphatic carbocycles. The van der Waals surface area contributed by atoms with Crippen LogP contribution < -0.4 is 15.2 Å². The van der Waals surface area contributed by atoms with Crippen molar-refractivity contribution in [3.63, 3.8) is 0 Å². The van der Waals surface area contributed by atoms with E-state index in [0.717, 1.165) is 5.56 Å². The maximum Gasteiger partial charge on any atom is 0.161 e. The quantitative estimate of drug-likeness (QED) is 0.724. The molecule has 1 heterocycles. The Morgan fingerprint density at radius 3 is 2.48 bits per heavy atom. The minimum atomic E-state index is 0.491. The van der Waals surface area contributed by atoms with Crippen LogP contribution in [0, 0.1) is 0 Å². The lowest BCUT2D eigenvalue weighted by atomic mass is 10.1. The van der Waals surface area contributed by atoms with Crippen LogP contribution >= 0.6 is 0 Å². The molecule has 2 aromatic carbocycles. The van der Waals surface area contributed by atoms with Crippen molar-refractivity contribution < 1.29 is 9.47 Å². The molecule has 0 saturated heterocycles. The zero-order valence-corrected chi connectivity index (χ0v) is 12.9. The first-order chi connectivity index (χ1) is 11.2. The summed E-state index contributed by atoms with van der Waals surface area (Å²) in [5, 5.41) is 12.0. The Hall–Kier alpha value is -3.09. The number of hydrogen-bond acceptors (Lipinski definition) is 6. The monoisotopic (exact) mass is 311 g/mol. The van der Waals surface area contributed by atoms with Gasteiger partial charge in [-0.25, -0.2) is 0 Å².